The van der Waals surface area contributed by atoms with Gasteiger partial charge in [-0.05, 0) is 31.7 Å². The van der Waals surface area contributed by atoms with Gasteiger partial charge in [-0.15, -0.1) is 0 Å². The first kappa shape index (κ1) is 11.7. The first-order valence-electron chi connectivity index (χ1n) is 5.80. The van der Waals surface area contributed by atoms with Crippen molar-refractivity contribution in [3.8, 4) is 6.07 Å². The van der Waals surface area contributed by atoms with Gasteiger partial charge < -0.3 is 16.2 Å². The number of aliphatic hydroxyl groups excluding tert-OH is 1. The Bertz CT molecular complexity index is 433. The average molecular weight is 232 g/mol. The van der Waals surface area contributed by atoms with E-state index in [1.54, 1.807) is 12.3 Å². The van der Waals surface area contributed by atoms with Crippen LogP contribution in [0.2, 0.25) is 0 Å². The number of aliphatic hydroxyl groups is 1. The molecule has 0 atom stereocenters. The van der Waals surface area contributed by atoms with Crippen molar-refractivity contribution in [1.82, 2.24) is 4.98 Å². The van der Waals surface area contributed by atoms with Crippen LogP contribution < -0.4 is 11.1 Å². The van der Waals surface area contributed by atoms with Gasteiger partial charge in [-0.2, -0.15) is 5.26 Å². The van der Waals surface area contributed by atoms with Crippen molar-refractivity contribution in [2.75, 3.05) is 11.1 Å². The monoisotopic (exact) mass is 232 g/mol. The predicted molar refractivity (Wildman–Crippen MR) is 65.2 cm³/mol. The second kappa shape index (κ2) is 5.02. The highest BCUT2D eigenvalue weighted by Crippen LogP contribution is 2.25. The second-order valence-corrected chi connectivity index (χ2v) is 4.38. The van der Waals surface area contributed by atoms with Gasteiger partial charge in [0.1, 0.15) is 6.07 Å². The third-order valence-corrected chi connectivity index (χ3v) is 3.15. The van der Waals surface area contributed by atoms with Gasteiger partial charge in [0.25, 0.3) is 0 Å². The number of nitrogen functional groups attached to an aromatic ring is 1. The summed E-state index contributed by atoms with van der Waals surface area (Å²) in [7, 11) is 0. The van der Waals surface area contributed by atoms with Crippen molar-refractivity contribution >= 4 is 11.5 Å². The molecule has 5 heteroatoms. The molecule has 5 nitrogen and oxygen atoms in total. The zero-order valence-corrected chi connectivity index (χ0v) is 9.56. The summed E-state index contributed by atoms with van der Waals surface area (Å²) < 4.78 is 0. The van der Waals surface area contributed by atoms with Gasteiger partial charge in [0.15, 0.2) is 5.82 Å². The lowest BCUT2D eigenvalue weighted by atomic mass is 9.93. The minimum atomic E-state index is -0.177. The van der Waals surface area contributed by atoms with Crippen LogP contribution in [0.4, 0.5) is 11.5 Å². The summed E-state index contributed by atoms with van der Waals surface area (Å²) in [5, 5.41) is 21.5. The fraction of sp³-hybridized carbons (Fsp3) is 0.500. The molecule has 1 saturated carbocycles. The molecule has 0 aliphatic heterocycles. The Hall–Kier alpha value is -1.80. The molecule has 1 aliphatic rings. The Kier molecular flexibility index (Phi) is 3.45. The largest absolute Gasteiger partial charge is 0.395 e. The Morgan fingerprint density at radius 3 is 2.76 bits per heavy atom. The van der Waals surface area contributed by atoms with Crippen molar-refractivity contribution in [2.45, 2.75) is 37.8 Å². The minimum Gasteiger partial charge on any atom is -0.395 e. The summed E-state index contributed by atoms with van der Waals surface area (Å²) in [4.78, 5) is 4.15. The van der Waals surface area contributed by atoms with E-state index in [1.165, 1.54) is 0 Å². The maximum Gasteiger partial charge on any atom is 0.150 e. The standard InChI is InChI=1S/C12H16N4O/c13-7-8-5-6-15-12(11(8)14)16-9-1-3-10(17)4-2-9/h5-6,9-10,17H,1-4,14H2,(H,15,16). The molecule has 1 aromatic heterocycles. The summed E-state index contributed by atoms with van der Waals surface area (Å²) in [6, 6.07) is 3.92. The quantitative estimate of drug-likeness (QED) is 0.713. The topological polar surface area (TPSA) is 95.0 Å². The molecular formula is C12H16N4O. The van der Waals surface area contributed by atoms with E-state index in [2.05, 4.69) is 10.3 Å². The lowest BCUT2D eigenvalue weighted by Crippen LogP contribution is -2.28. The molecule has 1 aliphatic carbocycles. The molecule has 90 valence electrons. The van der Waals surface area contributed by atoms with Gasteiger partial charge in [0.05, 0.1) is 17.4 Å². The number of hydrogen-bond acceptors (Lipinski definition) is 5. The van der Waals surface area contributed by atoms with Crippen LogP contribution in [0.3, 0.4) is 0 Å². The van der Waals surface area contributed by atoms with E-state index in [0.717, 1.165) is 25.7 Å². The molecule has 0 radical (unpaired) electrons. The third kappa shape index (κ3) is 2.66. The number of pyridine rings is 1. The summed E-state index contributed by atoms with van der Waals surface area (Å²) in [6.45, 7) is 0. The van der Waals surface area contributed by atoms with E-state index in [9.17, 15) is 5.11 Å². The van der Waals surface area contributed by atoms with Gasteiger partial charge in [0.2, 0.25) is 0 Å². The van der Waals surface area contributed by atoms with Crippen LogP contribution >= 0.6 is 0 Å². The minimum absolute atomic E-state index is 0.177. The van der Waals surface area contributed by atoms with Gasteiger partial charge in [-0.25, -0.2) is 4.98 Å². The Morgan fingerprint density at radius 2 is 2.12 bits per heavy atom. The average Bonchev–Trinajstić information content (AvgIpc) is 2.35. The van der Waals surface area contributed by atoms with Crippen LogP contribution in [0.5, 0.6) is 0 Å². The number of anilines is 2. The first-order valence-corrected chi connectivity index (χ1v) is 5.80. The molecule has 4 N–H and O–H groups in total. The smallest absolute Gasteiger partial charge is 0.150 e. The fourth-order valence-corrected chi connectivity index (χ4v) is 2.10. The van der Waals surface area contributed by atoms with E-state index in [0.29, 0.717) is 17.1 Å². The lowest BCUT2D eigenvalue weighted by molar-refractivity contribution is 0.126. The fourth-order valence-electron chi connectivity index (χ4n) is 2.10. The molecule has 1 fully saturated rings. The lowest BCUT2D eigenvalue weighted by Gasteiger charge is -2.27. The number of nitrogens with two attached hydrogens (primary N) is 1. The molecular weight excluding hydrogens is 216 g/mol. The third-order valence-electron chi connectivity index (χ3n) is 3.15. The molecule has 0 bridgehead atoms. The number of aromatic nitrogens is 1. The molecule has 0 unspecified atom stereocenters. The van der Waals surface area contributed by atoms with Crippen LogP contribution in [-0.4, -0.2) is 22.2 Å². The van der Waals surface area contributed by atoms with Crippen LogP contribution in [0.25, 0.3) is 0 Å². The normalized spacial score (nSPS) is 24.0. The predicted octanol–water partition coefficient (Wildman–Crippen LogP) is 1.25. The Balaban J connectivity index is 2.06. The number of hydrogen-bond donors (Lipinski definition) is 3. The maximum absolute atomic E-state index is 9.42. The number of rotatable bonds is 2. The zero-order chi connectivity index (χ0) is 12.3. The van der Waals surface area contributed by atoms with Crippen molar-refractivity contribution in [2.24, 2.45) is 0 Å². The van der Waals surface area contributed by atoms with E-state index in [4.69, 9.17) is 11.0 Å². The summed E-state index contributed by atoms with van der Waals surface area (Å²) in [6.07, 6.45) is 4.81. The van der Waals surface area contributed by atoms with Crippen molar-refractivity contribution in [1.29, 1.82) is 5.26 Å². The molecule has 17 heavy (non-hydrogen) atoms. The number of nitrogens with zero attached hydrogens (tertiary/aromatic N) is 2. The van der Waals surface area contributed by atoms with Gasteiger partial charge in [0, 0.05) is 12.2 Å². The summed E-state index contributed by atoms with van der Waals surface area (Å²) in [5.41, 5.74) is 6.69. The van der Waals surface area contributed by atoms with Crippen LogP contribution in [0.15, 0.2) is 12.3 Å². The molecule has 1 aromatic rings. The van der Waals surface area contributed by atoms with Crippen LogP contribution in [0, 0.1) is 11.3 Å². The van der Waals surface area contributed by atoms with Gasteiger partial charge in [-0.1, -0.05) is 0 Å². The molecule has 0 aromatic carbocycles. The van der Waals surface area contributed by atoms with E-state index in [-0.39, 0.29) is 12.1 Å². The highest BCUT2D eigenvalue weighted by Gasteiger charge is 2.20. The van der Waals surface area contributed by atoms with Crippen molar-refractivity contribution < 1.29 is 5.11 Å². The van der Waals surface area contributed by atoms with Crippen molar-refractivity contribution in [3.05, 3.63) is 17.8 Å². The zero-order valence-electron chi connectivity index (χ0n) is 9.56. The maximum atomic E-state index is 9.42. The summed E-state index contributed by atoms with van der Waals surface area (Å²) >= 11 is 0. The van der Waals surface area contributed by atoms with Crippen LogP contribution in [0.1, 0.15) is 31.2 Å². The summed E-state index contributed by atoms with van der Waals surface area (Å²) in [5.74, 6) is 0.574. The Labute approximate surface area is 100 Å². The molecule has 0 saturated heterocycles. The molecule has 1 heterocycles. The highest BCUT2D eigenvalue weighted by atomic mass is 16.3. The highest BCUT2D eigenvalue weighted by molar-refractivity contribution is 5.69. The number of nitrogens with one attached hydrogen (secondary N) is 1. The van der Waals surface area contributed by atoms with Gasteiger partial charge in [-0.3, -0.25) is 0 Å². The number of nitriles is 1. The van der Waals surface area contributed by atoms with Gasteiger partial charge >= 0.3 is 0 Å². The van der Waals surface area contributed by atoms with Crippen molar-refractivity contribution in [3.63, 3.8) is 0 Å². The Morgan fingerprint density at radius 1 is 1.41 bits per heavy atom. The van der Waals surface area contributed by atoms with E-state index >= 15 is 0 Å². The molecule has 0 spiro atoms. The van der Waals surface area contributed by atoms with E-state index in [1.807, 2.05) is 6.07 Å². The van der Waals surface area contributed by atoms with Crippen LogP contribution in [-0.2, 0) is 0 Å². The first-order chi connectivity index (χ1) is 8.20. The van der Waals surface area contributed by atoms with E-state index < -0.39 is 0 Å². The SMILES string of the molecule is N#Cc1ccnc(NC2CCC(O)CC2)c1N. The molecule has 0 amide bonds. The second-order valence-electron chi connectivity index (χ2n) is 4.38. The molecule has 2 rings (SSSR count).